The van der Waals surface area contributed by atoms with Crippen LogP contribution < -0.4 is 10.6 Å². The van der Waals surface area contributed by atoms with Crippen molar-refractivity contribution in [2.75, 3.05) is 32.7 Å². The third kappa shape index (κ3) is 2.47. The Kier molecular flexibility index (Phi) is 4.08. The highest BCUT2D eigenvalue weighted by Gasteiger charge is 2.55. The second-order valence-electron chi connectivity index (χ2n) is 6.57. The van der Waals surface area contributed by atoms with Gasteiger partial charge in [0.1, 0.15) is 12.1 Å². The van der Waals surface area contributed by atoms with Crippen molar-refractivity contribution in [2.45, 2.75) is 38.1 Å². The van der Waals surface area contributed by atoms with E-state index in [4.69, 9.17) is 0 Å². The molecule has 22 heavy (non-hydrogen) atoms. The van der Waals surface area contributed by atoms with E-state index < -0.39 is 11.6 Å². The lowest BCUT2D eigenvalue weighted by molar-refractivity contribution is -0.140. The number of piperazine rings is 1. The summed E-state index contributed by atoms with van der Waals surface area (Å²) in [5, 5.41) is 6.06. The molecule has 3 rings (SSSR count). The van der Waals surface area contributed by atoms with E-state index in [9.17, 15) is 14.4 Å². The molecule has 7 nitrogen and oxygen atoms in total. The van der Waals surface area contributed by atoms with Crippen molar-refractivity contribution in [3.05, 3.63) is 0 Å². The van der Waals surface area contributed by atoms with E-state index in [2.05, 4.69) is 10.6 Å². The Morgan fingerprint density at radius 2 is 2.00 bits per heavy atom. The summed E-state index contributed by atoms with van der Waals surface area (Å²) in [5.41, 5.74) is -0.779. The molecule has 3 aliphatic rings. The maximum Gasteiger partial charge on any atom is 0.325 e. The number of carbonyl (C=O) groups excluding carboxylic acids is 3. The zero-order valence-electron chi connectivity index (χ0n) is 13.1. The van der Waals surface area contributed by atoms with E-state index in [1.54, 1.807) is 4.90 Å². The van der Waals surface area contributed by atoms with Gasteiger partial charge in [0.05, 0.1) is 0 Å². The van der Waals surface area contributed by atoms with E-state index >= 15 is 0 Å². The topological polar surface area (TPSA) is 81.8 Å². The number of nitrogens with zero attached hydrogens (tertiary/aromatic N) is 2. The highest BCUT2D eigenvalue weighted by Crippen LogP contribution is 2.38. The van der Waals surface area contributed by atoms with Crippen molar-refractivity contribution in [1.29, 1.82) is 0 Å². The van der Waals surface area contributed by atoms with Crippen molar-refractivity contribution >= 4 is 17.8 Å². The molecule has 0 radical (unpaired) electrons. The minimum Gasteiger partial charge on any atom is -0.339 e. The molecule has 2 aliphatic heterocycles. The molecule has 7 heteroatoms. The van der Waals surface area contributed by atoms with Crippen LogP contribution in [-0.4, -0.2) is 65.9 Å². The van der Waals surface area contributed by atoms with Gasteiger partial charge in [-0.25, -0.2) is 4.79 Å². The van der Waals surface area contributed by atoms with Crippen molar-refractivity contribution in [1.82, 2.24) is 20.4 Å². The van der Waals surface area contributed by atoms with Gasteiger partial charge in [-0.15, -0.1) is 0 Å². The molecule has 3 fully saturated rings. The van der Waals surface area contributed by atoms with Gasteiger partial charge in [0.2, 0.25) is 5.91 Å². The average molecular weight is 308 g/mol. The number of nitrogens with one attached hydrogen (secondary N) is 2. The van der Waals surface area contributed by atoms with Crippen LogP contribution in [0.4, 0.5) is 4.79 Å². The van der Waals surface area contributed by atoms with E-state index in [-0.39, 0.29) is 24.3 Å². The van der Waals surface area contributed by atoms with Crippen LogP contribution in [0, 0.1) is 5.92 Å². The Labute approximate surface area is 130 Å². The largest absolute Gasteiger partial charge is 0.339 e. The summed E-state index contributed by atoms with van der Waals surface area (Å²) in [7, 11) is 0. The predicted molar refractivity (Wildman–Crippen MR) is 80.1 cm³/mol. The van der Waals surface area contributed by atoms with Crippen molar-refractivity contribution in [3.63, 3.8) is 0 Å². The summed E-state index contributed by atoms with van der Waals surface area (Å²) in [4.78, 5) is 40.2. The number of urea groups is 1. The predicted octanol–water partition coefficient (Wildman–Crippen LogP) is -0.0811. The molecule has 4 amide bonds. The zero-order chi connectivity index (χ0) is 15.7. The van der Waals surface area contributed by atoms with Gasteiger partial charge in [-0.1, -0.05) is 19.8 Å². The Morgan fingerprint density at radius 3 is 2.68 bits per heavy atom. The molecule has 2 saturated heterocycles. The Bertz CT molecular complexity index is 489. The first-order valence-electron chi connectivity index (χ1n) is 8.17. The molecule has 1 spiro atoms. The average Bonchev–Trinajstić information content (AvgIpc) is 2.76. The molecule has 2 N–H and O–H groups in total. The van der Waals surface area contributed by atoms with Gasteiger partial charge in [0, 0.05) is 26.2 Å². The first-order chi connectivity index (χ1) is 10.5. The van der Waals surface area contributed by atoms with E-state index in [1.165, 1.54) is 0 Å². The molecule has 1 aliphatic carbocycles. The number of rotatable bonds is 2. The normalized spacial score (nSPS) is 32.5. The lowest BCUT2D eigenvalue weighted by Gasteiger charge is -2.37. The van der Waals surface area contributed by atoms with Crippen molar-refractivity contribution in [3.8, 4) is 0 Å². The van der Waals surface area contributed by atoms with Crippen LogP contribution in [-0.2, 0) is 9.59 Å². The minimum absolute atomic E-state index is 0.122. The van der Waals surface area contributed by atoms with Crippen LogP contribution in [0.3, 0.4) is 0 Å². The second kappa shape index (κ2) is 5.87. The number of imide groups is 1. The lowest BCUT2D eigenvalue weighted by atomic mass is 9.73. The SMILES string of the molecule is CC1CCCCC12NC(=O)N(CC(=O)N1CCNCC1)C2=O. The highest BCUT2D eigenvalue weighted by atomic mass is 16.2. The van der Waals surface area contributed by atoms with Crippen LogP contribution >= 0.6 is 0 Å². The number of hydrogen-bond donors (Lipinski definition) is 2. The Hall–Kier alpha value is -1.63. The fraction of sp³-hybridized carbons (Fsp3) is 0.800. The van der Waals surface area contributed by atoms with Gasteiger partial charge >= 0.3 is 6.03 Å². The molecular weight excluding hydrogens is 284 g/mol. The summed E-state index contributed by atoms with van der Waals surface area (Å²) >= 11 is 0. The van der Waals surface area contributed by atoms with E-state index in [0.717, 1.165) is 37.3 Å². The number of carbonyl (C=O) groups is 3. The Morgan fingerprint density at radius 1 is 1.27 bits per heavy atom. The van der Waals surface area contributed by atoms with Crippen molar-refractivity contribution < 1.29 is 14.4 Å². The fourth-order valence-electron chi connectivity index (χ4n) is 3.79. The highest BCUT2D eigenvalue weighted by molar-refractivity contribution is 6.09. The summed E-state index contributed by atoms with van der Waals surface area (Å²) in [5.74, 6) is -0.240. The Balaban J connectivity index is 1.70. The molecule has 0 aromatic heterocycles. The molecule has 2 atom stereocenters. The molecule has 0 aromatic carbocycles. The fourth-order valence-corrected chi connectivity index (χ4v) is 3.79. The lowest BCUT2D eigenvalue weighted by Crippen LogP contribution is -2.54. The zero-order valence-corrected chi connectivity index (χ0v) is 13.1. The summed E-state index contributed by atoms with van der Waals surface area (Å²) in [6, 6.07) is -0.415. The first kappa shape index (κ1) is 15.3. The molecule has 0 bridgehead atoms. The van der Waals surface area contributed by atoms with E-state index in [0.29, 0.717) is 19.5 Å². The van der Waals surface area contributed by atoms with Gasteiger partial charge in [0.25, 0.3) is 5.91 Å². The van der Waals surface area contributed by atoms with Gasteiger partial charge in [-0.3, -0.25) is 14.5 Å². The smallest absolute Gasteiger partial charge is 0.325 e. The maximum atomic E-state index is 12.8. The van der Waals surface area contributed by atoms with Gasteiger partial charge in [-0.2, -0.15) is 0 Å². The van der Waals surface area contributed by atoms with E-state index in [1.807, 2.05) is 6.92 Å². The van der Waals surface area contributed by atoms with Gasteiger partial charge < -0.3 is 15.5 Å². The second-order valence-corrected chi connectivity index (χ2v) is 6.57. The summed E-state index contributed by atoms with van der Waals surface area (Å²) < 4.78 is 0. The third-order valence-corrected chi connectivity index (χ3v) is 5.26. The molecule has 2 unspecified atom stereocenters. The quantitative estimate of drug-likeness (QED) is 0.699. The van der Waals surface area contributed by atoms with Crippen LogP contribution in [0.5, 0.6) is 0 Å². The van der Waals surface area contributed by atoms with Gasteiger partial charge in [0.15, 0.2) is 0 Å². The maximum absolute atomic E-state index is 12.8. The molecule has 122 valence electrons. The summed E-state index contributed by atoms with van der Waals surface area (Å²) in [6.45, 7) is 4.64. The molecule has 2 heterocycles. The van der Waals surface area contributed by atoms with Crippen molar-refractivity contribution in [2.24, 2.45) is 5.92 Å². The van der Waals surface area contributed by atoms with Crippen LogP contribution in [0.1, 0.15) is 32.6 Å². The first-order valence-corrected chi connectivity index (χ1v) is 8.17. The van der Waals surface area contributed by atoms with Crippen LogP contribution in [0.15, 0.2) is 0 Å². The molecular formula is C15H24N4O3. The summed E-state index contributed by atoms with van der Waals surface area (Å²) in [6.07, 6.45) is 3.64. The molecule has 0 aromatic rings. The van der Waals surface area contributed by atoms with Crippen LogP contribution in [0.25, 0.3) is 0 Å². The van der Waals surface area contributed by atoms with Crippen LogP contribution in [0.2, 0.25) is 0 Å². The number of amides is 4. The minimum atomic E-state index is -0.779. The number of hydrogen-bond acceptors (Lipinski definition) is 4. The molecule has 1 saturated carbocycles. The standard InChI is InChI=1S/C15H24N4O3/c1-11-4-2-3-5-15(11)13(21)19(14(22)17-15)10-12(20)18-8-6-16-7-9-18/h11,16H,2-10H2,1H3,(H,17,22). The monoisotopic (exact) mass is 308 g/mol. The van der Waals surface area contributed by atoms with Gasteiger partial charge in [-0.05, 0) is 18.8 Å². The third-order valence-electron chi connectivity index (χ3n) is 5.26.